The maximum atomic E-state index is 13.1. The summed E-state index contributed by atoms with van der Waals surface area (Å²) in [6, 6.07) is 8.83. The molecule has 2 saturated heterocycles. The molecular formula is C22H31N3O2. The van der Waals surface area contributed by atoms with Crippen LogP contribution < -0.4 is 0 Å². The molecule has 3 heterocycles. The first-order valence-corrected chi connectivity index (χ1v) is 10.2. The minimum atomic E-state index is -0.171. The van der Waals surface area contributed by atoms with E-state index in [1.807, 2.05) is 4.90 Å². The van der Waals surface area contributed by atoms with Crippen molar-refractivity contribution in [2.24, 2.45) is 5.41 Å². The summed E-state index contributed by atoms with van der Waals surface area (Å²) in [5.41, 5.74) is 2.51. The fourth-order valence-corrected chi connectivity index (χ4v) is 4.98. The molecule has 1 spiro atoms. The normalized spacial score (nSPS) is 23.8. The lowest BCUT2D eigenvalue weighted by Crippen LogP contribution is -2.50. The van der Waals surface area contributed by atoms with Gasteiger partial charge in [0.1, 0.15) is 0 Å². The van der Waals surface area contributed by atoms with Crippen LogP contribution in [0, 0.1) is 5.41 Å². The molecule has 0 aliphatic carbocycles. The molecule has 1 aromatic carbocycles. The van der Waals surface area contributed by atoms with E-state index in [0.29, 0.717) is 12.5 Å². The Bertz CT molecular complexity index is 815. The molecule has 27 heavy (non-hydrogen) atoms. The van der Waals surface area contributed by atoms with E-state index in [2.05, 4.69) is 46.9 Å². The zero-order chi connectivity index (χ0) is 18.9. The van der Waals surface area contributed by atoms with E-state index in [9.17, 15) is 4.79 Å². The fraction of sp³-hybridized carbons (Fsp3) is 0.591. The smallest absolute Gasteiger partial charge is 0.230 e. The van der Waals surface area contributed by atoms with Gasteiger partial charge in [0, 0.05) is 56.9 Å². The van der Waals surface area contributed by atoms with Gasteiger partial charge >= 0.3 is 0 Å². The Labute approximate surface area is 161 Å². The lowest BCUT2D eigenvalue weighted by atomic mass is 9.78. The largest absolute Gasteiger partial charge is 0.383 e. The van der Waals surface area contributed by atoms with Gasteiger partial charge in [-0.1, -0.05) is 12.1 Å². The number of rotatable bonds is 6. The van der Waals surface area contributed by atoms with Crippen LogP contribution in [0.5, 0.6) is 0 Å². The average molecular weight is 370 g/mol. The quantitative estimate of drug-likeness (QED) is 0.785. The number of nitrogens with zero attached hydrogens (tertiary/aromatic N) is 3. The summed E-state index contributed by atoms with van der Waals surface area (Å²) in [5, 5.41) is 1.34. The molecule has 0 bridgehead atoms. The van der Waals surface area contributed by atoms with Crippen molar-refractivity contribution in [2.75, 3.05) is 39.9 Å². The van der Waals surface area contributed by atoms with Crippen molar-refractivity contribution in [2.45, 2.75) is 39.3 Å². The molecule has 1 amide bonds. The Morgan fingerprint density at radius 2 is 2.07 bits per heavy atom. The van der Waals surface area contributed by atoms with Gasteiger partial charge in [-0.05, 0) is 50.4 Å². The standard InChI is InChI=1S/C22H31N3O2/c1-3-24-12-8-19-18(6-4-7-20(19)24)16-23-13-10-22(17-23)9-5-11-25(21(22)26)14-15-27-2/h4,6-8,12H,3,5,9-11,13-17H2,1-2H3. The molecule has 1 unspecified atom stereocenters. The number of ether oxygens (including phenoxy) is 1. The molecular weight excluding hydrogens is 338 g/mol. The van der Waals surface area contributed by atoms with Crippen molar-refractivity contribution in [3.63, 3.8) is 0 Å². The molecule has 0 N–H and O–H groups in total. The summed E-state index contributed by atoms with van der Waals surface area (Å²) in [6.07, 6.45) is 5.31. The molecule has 1 aromatic heterocycles. The molecule has 2 aliphatic rings. The second-order valence-electron chi connectivity index (χ2n) is 8.08. The zero-order valence-corrected chi connectivity index (χ0v) is 16.6. The highest BCUT2D eigenvalue weighted by molar-refractivity contribution is 5.85. The first kappa shape index (κ1) is 18.5. The van der Waals surface area contributed by atoms with E-state index in [1.165, 1.54) is 16.5 Å². The van der Waals surface area contributed by atoms with Crippen LogP contribution >= 0.6 is 0 Å². The molecule has 2 fully saturated rings. The van der Waals surface area contributed by atoms with E-state index >= 15 is 0 Å². The van der Waals surface area contributed by atoms with Gasteiger partial charge in [0.25, 0.3) is 0 Å². The van der Waals surface area contributed by atoms with E-state index < -0.39 is 0 Å². The minimum absolute atomic E-state index is 0.171. The molecule has 4 rings (SSSR count). The van der Waals surface area contributed by atoms with Crippen LogP contribution in [0.25, 0.3) is 10.9 Å². The number of carbonyl (C=O) groups excluding carboxylic acids is 1. The van der Waals surface area contributed by atoms with E-state index in [-0.39, 0.29) is 5.41 Å². The van der Waals surface area contributed by atoms with Crippen LogP contribution in [0.15, 0.2) is 30.5 Å². The van der Waals surface area contributed by atoms with Crippen LogP contribution in [0.2, 0.25) is 0 Å². The second-order valence-corrected chi connectivity index (χ2v) is 8.08. The van der Waals surface area contributed by atoms with Crippen LogP contribution in [0.1, 0.15) is 31.7 Å². The third-order valence-electron chi connectivity index (χ3n) is 6.46. The SMILES string of the molecule is CCn1ccc2c(CN3CCC4(CCCN(CCOC)C4=O)C3)cccc21. The van der Waals surface area contributed by atoms with Gasteiger partial charge in [0.15, 0.2) is 0 Å². The Morgan fingerprint density at radius 3 is 2.89 bits per heavy atom. The zero-order valence-electron chi connectivity index (χ0n) is 16.6. The van der Waals surface area contributed by atoms with E-state index in [0.717, 1.165) is 58.5 Å². The number of aryl methyl sites for hydroxylation is 1. The van der Waals surface area contributed by atoms with Crippen molar-refractivity contribution in [1.82, 2.24) is 14.4 Å². The number of piperidine rings is 1. The Balaban J connectivity index is 1.48. The summed E-state index contributed by atoms with van der Waals surface area (Å²) >= 11 is 0. The molecule has 5 heteroatoms. The highest BCUT2D eigenvalue weighted by atomic mass is 16.5. The molecule has 146 valence electrons. The van der Waals surface area contributed by atoms with Gasteiger partial charge in [0.2, 0.25) is 5.91 Å². The van der Waals surface area contributed by atoms with Crippen molar-refractivity contribution in [1.29, 1.82) is 0 Å². The minimum Gasteiger partial charge on any atom is -0.383 e. The number of hydrogen-bond donors (Lipinski definition) is 0. The van der Waals surface area contributed by atoms with Gasteiger partial charge in [-0.3, -0.25) is 9.69 Å². The third-order valence-corrected chi connectivity index (χ3v) is 6.46. The fourth-order valence-electron chi connectivity index (χ4n) is 4.98. The van der Waals surface area contributed by atoms with Gasteiger partial charge in [-0.15, -0.1) is 0 Å². The summed E-state index contributed by atoms with van der Waals surface area (Å²) < 4.78 is 7.48. The van der Waals surface area contributed by atoms with Crippen LogP contribution in [-0.4, -0.2) is 60.2 Å². The average Bonchev–Trinajstić information content (AvgIpc) is 3.28. The molecule has 2 aliphatic heterocycles. The first-order chi connectivity index (χ1) is 13.2. The van der Waals surface area contributed by atoms with Crippen molar-refractivity contribution in [3.8, 4) is 0 Å². The van der Waals surface area contributed by atoms with Gasteiger partial charge in [0.05, 0.1) is 12.0 Å². The van der Waals surface area contributed by atoms with E-state index in [4.69, 9.17) is 4.74 Å². The number of amides is 1. The predicted octanol–water partition coefficient (Wildman–Crippen LogP) is 3.12. The van der Waals surface area contributed by atoms with Gasteiger partial charge in [-0.2, -0.15) is 0 Å². The lowest BCUT2D eigenvalue weighted by molar-refractivity contribution is -0.146. The Kier molecular flexibility index (Phi) is 5.24. The topological polar surface area (TPSA) is 37.7 Å². The van der Waals surface area contributed by atoms with Crippen molar-refractivity contribution in [3.05, 3.63) is 36.0 Å². The molecule has 1 atom stereocenters. The highest BCUT2D eigenvalue weighted by Crippen LogP contribution is 2.40. The maximum Gasteiger partial charge on any atom is 0.230 e. The van der Waals surface area contributed by atoms with Gasteiger partial charge in [-0.25, -0.2) is 0 Å². The second kappa shape index (κ2) is 7.64. The lowest BCUT2D eigenvalue weighted by Gasteiger charge is -2.39. The third kappa shape index (κ3) is 3.39. The van der Waals surface area contributed by atoms with E-state index in [1.54, 1.807) is 7.11 Å². The number of carbonyl (C=O) groups is 1. The van der Waals surface area contributed by atoms with Crippen LogP contribution in [-0.2, 0) is 22.6 Å². The molecule has 0 saturated carbocycles. The number of likely N-dealkylation sites (tertiary alicyclic amines) is 2. The summed E-state index contributed by atoms with van der Waals surface area (Å²) in [4.78, 5) is 17.7. The number of benzene rings is 1. The van der Waals surface area contributed by atoms with Crippen LogP contribution in [0.3, 0.4) is 0 Å². The summed E-state index contributed by atoms with van der Waals surface area (Å²) in [6.45, 7) is 8.23. The molecule has 0 radical (unpaired) electrons. The number of fused-ring (bicyclic) bond motifs is 1. The van der Waals surface area contributed by atoms with Crippen molar-refractivity contribution >= 4 is 16.8 Å². The monoisotopic (exact) mass is 369 g/mol. The molecule has 2 aromatic rings. The number of methoxy groups -OCH3 is 1. The maximum absolute atomic E-state index is 13.1. The predicted molar refractivity (Wildman–Crippen MR) is 108 cm³/mol. The Hall–Kier alpha value is -1.85. The number of hydrogen-bond acceptors (Lipinski definition) is 3. The summed E-state index contributed by atoms with van der Waals surface area (Å²) in [7, 11) is 1.70. The summed E-state index contributed by atoms with van der Waals surface area (Å²) in [5.74, 6) is 0.351. The Morgan fingerprint density at radius 1 is 1.19 bits per heavy atom. The van der Waals surface area contributed by atoms with Crippen LogP contribution in [0.4, 0.5) is 0 Å². The number of aromatic nitrogens is 1. The first-order valence-electron chi connectivity index (χ1n) is 10.2. The van der Waals surface area contributed by atoms with Crippen molar-refractivity contribution < 1.29 is 9.53 Å². The molecule has 5 nitrogen and oxygen atoms in total. The van der Waals surface area contributed by atoms with Gasteiger partial charge < -0.3 is 14.2 Å². The highest BCUT2D eigenvalue weighted by Gasteiger charge is 2.48.